The van der Waals surface area contributed by atoms with E-state index in [0.717, 1.165) is 18.5 Å². The summed E-state index contributed by atoms with van der Waals surface area (Å²) in [4.78, 5) is 56.6. The number of anilines is 1. The molecule has 4 amide bonds. The molecule has 2 heterocycles. The van der Waals surface area contributed by atoms with E-state index >= 15 is 0 Å². The molecular formula is C40H54N4O7. The highest BCUT2D eigenvalue weighted by Gasteiger charge is 2.28. The summed E-state index contributed by atoms with van der Waals surface area (Å²) >= 11 is 0. The lowest BCUT2D eigenvalue weighted by Gasteiger charge is -2.33. The van der Waals surface area contributed by atoms with Crippen molar-refractivity contribution in [2.75, 3.05) is 18.0 Å². The number of aryl methyl sites for hydroxylation is 1. The Morgan fingerprint density at radius 3 is 1.88 bits per heavy atom. The lowest BCUT2D eigenvalue weighted by atomic mass is 9.88. The topological polar surface area (TPSA) is 127 Å². The van der Waals surface area contributed by atoms with E-state index < -0.39 is 35.1 Å². The Kier molecular flexibility index (Phi) is 13.8. The number of likely N-dealkylation sites (tertiary alicyclic amines) is 1. The molecule has 11 heteroatoms. The zero-order valence-corrected chi connectivity index (χ0v) is 31.7. The fourth-order valence-electron chi connectivity index (χ4n) is 5.25. The molecule has 0 bridgehead atoms. The van der Waals surface area contributed by atoms with Gasteiger partial charge < -0.3 is 19.1 Å². The number of piperidine rings is 1. The number of pyridine rings is 1. The number of rotatable bonds is 5. The minimum Gasteiger partial charge on any atom is -0.443 e. The smallest absolute Gasteiger partial charge is 0.417 e. The first kappa shape index (κ1) is 40.5. The van der Waals surface area contributed by atoms with Gasteiger partial charge in [0, 0.05) is 30.5 Å². The third kappa shape index (κ3) is 14.4. The Hall–Kier alpha value is -4.93. The van der Waals surface area contributed by atoms with E-state index in [1.807, 2.05) is 67.4 Å². The highest BCUT2D eigenvalue weighted by Crippen LogP contribution is 2.30. The van der Waals surface area contributed by atoms with Crippen LogP contribution >= 0.6 is 0 Å². The van der Waals surface area contributed by atoms with E-state index in [9.17, 15) is 19.2 Å². The maximum Gasteiger partial charge on any atom is 0.417 e. The van der Waals surface area contributed by atoms with Crippen LogP contribution in [0.15, 0.2) is 72.9 Å². The predicted molar refractivity (Wildman–Crippen MR) is 198 cm³/mol. The van der Waals surface area contributed by atoms with Crippen LogP contribution in [-0.2, 0) is 20.8 Å². The summed E-state index contributed by atoms with van der Waals surface area (Å²) in [6.07, 6.45) is 1.49. The second-order valence-electron chi connectivity index (χ2n) is 15.5. The molecule has 1 aliphatic heterocycles. The third-order valence-electron chi connectivity index (χ3n) is 7.36. The molecule has 0 unspecified atom stereocenters. The van der Waals surface area contributed by atoms with Gasteiger partial charge in [0.1, 0.15) is 16.8 Å². The quantitative estimate of drug-likeness (QED) is 0.262. The Morgan fingerprint density at radius 1 is 0.765 bits per heavy atom. The van der Waals surface area contributed by atoms with Crippen LogP contribution in [0, 0.1) is 6.92 Å². The summed E-state index contributed by atoms with van der Waals surface area (Å²) in [6, 6.07) is 21.5. The molecule has 51 heavy (non-hydrogen) atoms. The van der Waals surface area contributed by atoms with Gasteiger partial charge in [-0.2, -0.15) is 0 Å². The van der Waals surface area contributed by atoms with Crippen molar-refractivity contribution in [3.05, 3.63) is 95.3 Å². The van der Waals surface area contributed by atoms with Crippen LogP contribution in [-0.4, -0.2) is 64.0 Å². The number of carbonyl (C=O) groups is 4. The summed E-state index contributed by atoms with van der Waals surface area (Å²) < 4.78 is 15.4. The van der Waals surface area contributed by atoms with E-state index in [1.165, 1.54) is 16.0 Å². The summed E-state index contributed by atoms with van der Waals surface area (Å²) in [5.41, 5.74) is 2.62. The van der Waals surface area contributed by atoms with E-state index in [2.05, 4.69) is 36.2 Å². The standard InChI is InChI=1S/C30H35N3O3.C10H19NO4/c1-22-9-7-10-24(19-22)23-14-17-32(18-15-23)28(34)25-11-8-13-27(20-25)33(29(35)36-30(2,3)4)21-26-12-5-6-16-31-26;1-9(2,3)14-7(12)11-8(13)15-10(4,5)6/h5-13,16,19-20,23H,14-15,17-18,21H2,1-4H3;1-6H3,(H,11,12,13). The van der Waals surface area contributed by atoms with Crippen LogP contribution in [0.5, 0.6) is 0 Å². The normalized spacial score (nSPS) is 13.6. The molecule has 1 aromatic heterocycles. The third-order valence-corrected chi connectivity index (χ3v) is 7.36. The van der Waals surface area contributed by atoms with Gasteiger partial charge >= 0.3 is 18.3 Å². The van der Waals surface area contributed by atoms with Crippen molar-refractivity contribution in [1.29, 1.82) is 0 Å². The summed E-state index contributed by atoms with van der Waals surface area (Å²) in [7, 11) is 0. The van der Waals surface area contributed by atoms with Gasteiger partial charge in [0.2, 0.25) is 0 Å². The highest BCUT2D eigenvalue weighted by atomic mass is 16.6. The van der Waals surface area contributed by atoms with Crippen molar-refractivity contribution in [3.8, 4) is 0 Å². The molecule has 0 aliphatic carbocycles. The molecule has 1 N–H and O–H groups in total. The maximum atomic E-state index is 13.4. The Balaban J connectivity index is 0.000000396. The largest absolute Gasteiger partial charge is 0.443 e. The van der Waals surface area contributed by atoms with Gasteiger partial charge in [0.25, 0.3) is 5.91 Å². The zero-order valence-electron chi connectivity index (χ0n) is 31.7. The molecule has 3 aromatic rings. The summed E-state index contributed by atoms with van der Waals surface area (Å²) in [6.45, 7) is 19.6. The number of ether oxygens (including phenoxy) is 3. The van der Waals surface area contributed by atoms with Gasteiger partial charge in [-0.15, -0.1) is 0 Å². The lowest BCUT2D eigenvalue weighted by Crippen LogP contribution is -2.39. The van der Waals surface area contributed by atoms with Crippen LogP contribution in [0.1, 0.15) is 108 Å². The Bertz CT molecular complexity index is 1600. The molecular weight excluding hydrogens is 648 g/mol. The molecule has 0 spiro atoms. The number of carbonyl (C=O) groups excluding carboxylic acids is 4. The van der Waals surface area contributed by atoms with Gasteiger partial charge in [-0.3, -0.25) is 14.7 Å². The number of hydrogen-bond donors (Lipinski definition) is 1. The van der Waals surface area contributed by atoms with Gasteiger partial charge in [-0.25, -0.2) is 19.7 Å². The maximum absolute atomic E-state index is 13.4. The first-order valence-electron chi connectivity index (χ1n) is 17.3. The second kappa shape index (κ2) is 17.3. The molecule has 276 valence electrons. The van der Waals surface area contributed by atoms with Gasteiger partial charge in [-0.05, 0) is 124 Å². The molecule has 0 radical (unpaired) electrons. The molecule has 0 saturated carbocycles. The van der Waals surface area contributed by atoms with Crippen molar-refractivity contribution in [1.82, 2.24) is 15.2 Å². The number of amides is 4. The first-order chi connectivity index (χ1) is 23.7. The molecule has 1 fully saturated rings. The summed E-state index contributed by atoms with van der Waals surface area (Å²) in [5.74, 6) is 0.461. The number of nitrogens with zero attached hydrogens (tertiary/aromatic N) is 3. The number of nitrogens with one attached hydrogen (secondary N) is 1. The van der Waals surface area contributed by atoms with E-state index in [1.54, 1.807) is 53.8 Å². The molecule has 0 atom stereocenters. The monoisotopic (exact) mass is 702 g/mol. The summed E-state index contributed by atoms with van der Waals surface area (Å²) in [5, 5.41) is 1.97. The van der Waals surface area contributed by atoms with E-state index in [-0.39, 0.29) is 12.5 Å². The number of aromatic nitrogens is 1. The van der Waals surface area contributed by atoms with E-state index in [0.29, 0.717) is 30.3 Å². The van der Waals surface area contributed by atoms with Gasteiger partial charge in [0.05, 0.1) is 12.2 Å². The van der Waals surface area contributed by atoms with E-state index in [4.69, 9.17) is 14.2 Å². The highest BCUT2D eigenvalue weighted by molar-refractivity contribution is 5.97. The van der Waals surface area contributed by atoms with Crippen LogP contribution in [0.3, 0.4) is 0 Å². The van der Waals surface area contributed by atoms with Crippen molar-refractivity contribution in [3.63, 3.8) is 0 Å². The number of imide groups is 1. The number of alkyl carbamates (subject to hydrolysis) is 2. The van der Waals surface area contributed by atoms with Crippen LogP contribution < -0.4 is 10.2 Å². The molecule has 11 nitrogen and oxygen atoms in total. The molecule has 4 rings (SSSR count). The molecule has 1 saturated heterocycles. The zero-order chi connectivity index (χ0) is 38.0. The van der Waals surface area contributed by atoms with Crippen molar-refractivity contribution >= 4 is 29.9 Å². The van der Waals surface area contributed by atoms with Crippen LogP contribution in [0.4, 0.5) is 20.1 Å². The Morgan fingerprint density at radius 2 is 1.35 bits per heavy atom. The SMILES string of the molecule is CC(C)(C)OC(=O)NC(=O)OC(C)(C)C.Cc1cccc(C2CCN(C(=O)c3cccc(N(Cc4ccccn4)C(=O)OC(C)(C)C)c3)CC2)c1. The minimum absolute atomic E-state index is 0.0125. The van der Waals surface area contributed by atoms with Crippen LogP contribution in [0.25, 0.3) is 0 Å². The molecule has 1 aliphatic rings. The van der Waals surface area contributed by atoms with Crippen molar-refractivity contribution in [2.45, 2.75) is 111 Å². The number of benzene rings is 2. The van der Waals surface area contributed by atoms with Gasteiger partial charge in [-0.1, -0.05) is 42.0 Å². The fourth-order valence-corrected chi connectivity index (χ4v) is 5.25. The number of hydrogen-bond acceptors (Lipinski definition) is 8. The Labute approximate surface area is 302 Å². The van der Waals surface area contributed by atoms with Crippen molar-refractivity contribution < 1.29 is 33.4 Å². The predicted octanol–water partition coefficient (Wildman–Crippen LogP) is 8.80. The minimum atomic E-state index is -0.809. The average molecular weight is 703 g/mol. The second-order valence-corrected chi connectivity index (χ2v) is 15.5. The molecule has 2 aromatic carbocycles. The van der Waals surface area contributed by atoms with Gasteiger partial charge in [0.15, 0.2) is 0 Å². The van der Waals surface area contributed by atoms with Crippen molar-refractivity contribution in [2.24, 2.45) is 0 Å². The average Bonchev–Trinajstić information content (AvgIpc) is 3.01. The lowest BCUT2D eigenvalue weighted by molar-refractivity contribution is 0.0352. The van der Waals surface area contributed by atoms with Crippen LogP contribution in [0.2, 0.25) is 0 Å². The fraction of sp³-hybridized carbons (Fsp3) is 0.475. The first-order valence-corrected chi connectivity index (χ1v) is 17.3.